The Hall–Kier alpha value is -0.580. The second-order valence-corrected chi connectivity index (χ2v) is 6.04. The lowest BCUT2D eigenvalue weighted by Gasteiger charge is -2.33. The van der Waals surface area contributed by atoms with Crippen LogP contribution < -0.4 is 11.1 Å². The van der Waals surface area contributed by atoms with E-state index in [1.807, 2.05) is 31.2 Å². The van der Waals surface area contributed by atoms with Crippen LogP contribution in [-0.4, -0.2) is 18.0 Å². The van der Waals surface area contributed by atoms with E-state index in [0.717, 1.165) is 10.0 Å². The summed E-state index contributed by atoms with van der Waals surface area (Å²) in [4.78, 5) is 12.0. The molecule has 108 valence electrons. The maximum atomic E-state index is 12.0. The molecule has 0 saturated carbocycles. The maximum Gasteiger partial charge on any atom is 0.224 e. The minimum Gasteiger partial charge on any atom is -0.349 e. The monoisotopic (exact) mass is 348 g/mol. The highest BCUT2D eigenvalue weighted by Crippen LogP contribution is 2.15. The highest BCUT2D eigenvalue weighted by molar-refractivity contribution is 9.10. The van der Waals surface area contributed by atoms with Gasteiger partial charge in [-0.15, -0.1) is 12.4 Å². The largest absolute Gasteiger partial charge is 0.349 e. The van der Waals surface area contributed by atoms with Crippen LogP contribution >= 0.6 is 28.3 Å². The topological polar surface area (TPSA) is 55.1 Å². The summed E-state index contributed by atoms with van der Waals surface area (Å²) in [5.41, 5.74) is 6.41. The van der Waals surface area contributed by atoms with Crippen LogP contribution in [0.25, 0.3) is 0 Å². The van der Waals surface area contributed by atoms with Crippen LogP contribution in [0.3, 0.4) is 0 Å². The van der Waals surface area contributed by atoms with Crippen LogP contribution in [0, 0.1) is 5.92 Å². The van der Waals surface area contributed by atoms with Gasteiger partial charge in [-0.25, -0.2) is 0 Å². The number of nitrogens with one attached hydrogen (secondary N) is 1. The lowest BCUT2D eigenvalue weighted by Crippen LogP contribution is -2.55. The molecule has 1 unspecified atom stereocenters. The first kappa shape index (κ1) is 18.4. The summed E-state index contributed by atoms with van der Waals surface area (Å²) in [5, 5.41) is 3.03. The first-order valence-electron chi connectivity index (χ1n) is 6.13. The molecular formula is C14H22BrClN2O. The lowest BCUT2D eigenvalue weighted by molar-refractivity contribution is -0.122. The van der Waals surface area contributed by atoms with Crippen molar-refractivity contribution in [2.75, 3.05) is 6.54 Å². The average molecular weight is 350 g/mol. The molecular weight excluding hydrogens is 328 g/mol. The van der Waals surface area contributed by atoms with Gasteiger partial charge in [-0.2, -0.15) is 0 Å². The highest BCUT2D eigenvalue weighted by atomic mass is 79.9. The van der Waals surface area contributed by atoms with Crippen molar-refractivity contribution in [2.45, 2.75) is 32.7 Å². The molecule has 0 aromatic heterocycles. The van der Waals surface area contributed by atoms with Crippen molar-refractivity contribution >= 4 is 34.2 Å². The smallest absolute Gasteiger partial charge is 0.224 e. The lowest BCUT2D eigenvalue weighted by atomic mass is 9.88. The Balaban J connectivity index is 0.00000324. The Morgan fingerprint density at radius 3 is 2.32 bits per heavy atom. The van der Waals surface area contributed by atoms with E-state index < -0.39 is 0 Å². The summed E-state index contributed by atoms with van der Waals surface area (Å²) in [6, 6.07) is 7.76. The standard InChI is InChI=1S/C14H21BrN2O.ClH/c1-10(2)14(3,9-16)17-13(18)8-11-4-6-12(15)7-5-11;/h4-7,10H,8-9,16H2,1-3H3,(H,17,18);1H. The van der Waals surface area contributed by atoms with Gasteiger partial charge in [0.15, 0.2) is 0 Å². The van der Waals surface area contributed by atoms with E-state index in [4.69, 9.17) is 5.73 Å². The van der Waals surface area contributed by atoms with Crippen LogP contribution in [0.5, 0.6) is 0 Å². The van der Waals surface area contributed by atoms with E-state index in [1.54, 1.807) is 0 Å². The third-order valence-electron chi connectivity index (χ3n) is 3.40. The molecule has 3 N–H and O–H groups in total. The van der Waals surface area contributed by atoms with Gasteiger partial charge >= 0.3 is 0 Å². The van der Waals surface area contributed by atoms with Crippen LogP contribution in [0.2, 0.25) is 0 Å². The zero-order chi connectivity index (χ0) is 13.8. The summed E-state index contributed by atoms with van der Waals surface area (Å²) in [7, 11) is 0. The Morgan fingerprint density at radius 2 is 1.89 bits per heavy atom. The van der Waals surface area contributed by atoms with Gasteiger partial charge in [0.05, 0.1) is 12.0 Å². The molecule has 1 aromatic rings. The predicted octanol–water partition coefficient (Wildman–Crippen LogP) is 2.90. The minimum absolute atomic E-state index is 0. The third-order valence-corrected chi connectivity index (χ3v) is 3.93. The van der Waals surface area contributed by atoms with E-state index in [9.17, 15) is 4.79 Å². The number of benzene rings is 1. The second kappa shape index (κ2) is 7.88. The van der Waals surface area contributed by atoms with E-state index in [2.05, 4.69) is 35.1 Å². The summed E-state index contributed by atoms with van der Waals surface area (Å²) in [6.45, 7) is 6.55. The minimum atomic E-state index is -0.341. The summed E-state index contributed by atoms with van der Waals surface area (Å²) >= 11 is 3.37. The molecule has 0 radical (unpaired) electrons. The maximum absolute atomic E-state index is 12.0. The van der Waals surface area contributed by atoms with Crippen LogP contribution in [-0.2, 0) is 11.2 Å². The number of hydrogen-bond donors (Lipinski definition) is 2. The number of carbonyl (C=O) groups excluding carboxylic acids is 1. The number of amides is 1. The Kier molecular flexibility index (Phi) is 7.64. The zero-order valence-electron chi connectivity index (χ0n) is 11.6. The van der Waals surface area contributed by atoms with Crippen molar-refractivity contribution in [2.24, 2.45) is 11.7 Å². The number of halogens is 2. The van der Waals surface area contributed by atoms with Crippen molar-refractivity contribution in [1.29, 1.82) is 0 Å². The molecule has 1 rings (SSSR count). The Labute approximate surface area is 129 Å². The van der Waals surface area contributed by atoms with Crippen LogP contribution in [0.4, 0.5) is 0 Å². The fourth-order valence-electron chi connectivity index (χ4n) is 1.58. The van der Waals surface area contributed by atoms with Gasteiger partial charge < -0.3 is 11.1 Å². The van der Waals surface area contributed by atoms with Crippen LogP contribution in [0.1, 0.15) is 26.3 Å². The molecule has 1 amide bonds. The third kappa shape index (κ3) is 5.51. The van der Waals surface area contributed by atoms with Crippen LogP contribution in [0.15, 0.2) is 28.7 Å². The van der Waals surface area contributed by atoms with Crippen molar-refractivity contribution < 1.29 is 4.79 Å². The first-order valence-corrected chi connectivity index (χ1v) is 6.92. The van der Waals surface area contributed by atoms with E-state index in [-0.39, 0.29) is 23.9 Å². The summed E-state index contributed by atoms with van der Waals surface area (Å²) in [5.74, 6) is 0.315. The van der Waals surface area contributed by atoms with Gasteiger partial charge in [0.2, 0.25) is 5.91 Å². The predicted molar refractivity (Wildman–Crippen MR) is 85.5 cm³/mol. The average Bonchev–Trinajstić information content (AvgIpc) is 2.31. The molecule has 0 fully saturated rings. The van der Waals surface area contributed by atoms with E-state index in [0.29, 0.717) is 18.9 Å². The van der Waals surface area contributed by atoms with Gasteiger partial charge in [-0.3, -0.25) is 4.79 Å². The summed E-state index contributed by atoms with van der Waals surface area (Å²) in [6.07, 6.45) is 0.385. The quantitative estimate of drug-likeness (QED) is 0.859. The normalized spacial score (nSPS) is 13.6. The van der Waals surface area contributed by atoms with Gasteiger partial charge in [0.25, 0.3) is 0 Å². The zero-order valence-corrected chi connectivity index (χ0v) is 14.0. The molecule has 5 heteroatoms. The molecule has 0 bridgehead atoms. The fourth-order valence-corrected chi connectivity index (χ4v) is 1.85. The molecule has 0 heterocycles. The van der Waals surface area contributed by atoms with Gasteiger partial charge in [0, 0.05) is 11.0 Å². The molecule has 1 atom stereocenters. The molecule has 19 heavy (non-hydrogen) atoms. The van der Waals surface area contributed by atoms with E-state index in [1.165, 1.54) is 0 Å². The molecule has 0 aliphatic heterocycles. The number of carbonyl (C=O) groups is 1. The SMILES string of the molecule is CC(C)C(C)(CN)NC(=O)Cc1ccc(Br)cc1.Cl. The number of hydrogen-bond acceptors (Lipinski definition) is 2. The van der Waals surface area contributed by atoms with Gasteiger partial charge in [-0.05, 0) is 30.5 Å². The molecule has 0 aliphatic rings. The van der Waals surface area contributed by atoms with Crippen molar-refractivity contribution in [3.05, 3.63) is 34.3 Å². The highest BCUT2D eigenvalue weighted by Gasteiger charge is 2.28. The van der Waals surface area contributed by atoms with E-state index >= 15 is 0 Å². The fraction of sp³-hybridized carbons (Fsp3) is 0.500. The molecule has 0 spiro atoms. The van der Waals surface area contributed by atoms with Crippen molar-refractivity contribution in [1.82, 2.24) is 5.32 Å². The van der Waals surface area contributed by atoms with Crippen molar-refractivity contribution in [3.63, 3.8) is 0 Å². The first-order chi connectivity index (χ1) is 8.37. The number of rotatable bonds is 5. The number of nitrogens with two attached hydrogens (primary N) is 1. The Bertz CT molecular complexity index is 408. The molecule has 0 aliphatic carbocycles. The molecule has 0 saturated heterocycles. The van der Waals surface area contributed by atoms with Gasteiger partial charge in [0.1, 0.15) is 0 Å². The van der Waals surface area contributed by atoms with Crippen molar-refractivity contribution in [3.8, 4) is 0 Å². The van der Waals surface area contributed by atoms with Gasteiger partial charge in [-0.1, -0.05) is 41.9 Å². The summed E-state index contributed by atoms with van der Waals surface area (Å²) < 4.78 is 1.01. The molecule has 3 nitrogen and oxygen atoms in total. The Morgan fingerprint density at radius 1 is 1.37 bits per heavy atom. The second-order valence-electron chi connectivity index (χ2n) is 5.13. The molecule has 1 aromatic carbocycles.